The average Bonchev–Trinajstić information content (AvgIpc) is 3.03. The van der Waals surface area contributed by atoms with Gasteiger partial charge in [0.2, 0.25) is 0 Å². The molecule has 0 spiro atoms. The molecule has 0 saturated heterocycles. The third kappa shape index (κ3) is 7.25. The molecule has 14 nitrogen and oxygen atoms in total. The SMILES string of the molecule is Cc1nc(C(=O)[O-])c(C(=O)O)[nH]1.Cc1nc(C(=O)[O-])c(C(=O)O)[nH]1.[Mn+2].[OH3+].[OH3+]. The molecule has 0 aliphatic heterocycles. The number of hydrogen-bond donors (Lipinski definition) is 4. The van der Waals surface area contributed by atoms with E-state index in [1.54, 1.807) is 0 Å². The third-order valence-corrected chi connectivity index (χ3v) is 2.46. The van der Waals surface area contributed by atoms with E-state index in [-0.39, 0.29) is 39.7 Å². The zero-order valence-corrected chi connectivity index (χ0v) is 15.0. The molecule has 2 heterocycles. The minimum atomic E-state index is -1.60. The number of imidazole rings is 2. The van der Waals surface area contributed by atoms with Crippen LogP contribution in [0.5, 0.6) is 0 Å². The molecule has 0 bridgehead atoms. The number of aromatic carboxylic acids is 4. The number of nitrogens with zero attached hydrogens (tertiary/aromatic N) is 2. The van der Waals surface area contributed by atoms with Gasteiger partial charge < -0.3 is 50.9 Å². The molecule has 15 heteroatoms. The first-order valence-electron chi connectivity index (χ1n) is 6.07. The quantitative estimate of drug-likeness (QED) is 0.267. The summed E-state index contributed by atoms with van der Waals surface area (Å²) in [4.78, 5) is 52.8. The molecule has 0 aliphatic carbocycles. The van der Waals surface area contributed by atoms with Gasteiger partial charge in [-0.05, 0) is 13.8 Å². The Morgan fingerprint density at radius 1 is 0.778 bits per heavy atom. The van der Waals surface area contributed by atoms with E-state index < -0.39 is 46.7 Å². The Morgan fingerprint density at radius 2 is 1.04 bits per heavy atom. The summed E-state index contributed by atoms with van der Waals surface area (Å²) in [5.74, 6) is -5.48. The van der Waals surface area contributed by atoms with Crippen molar-refractivity contribution in [1.82, 2.24) is 19.9 Å². The van der Waals surface area contributed by atoms with Crippen LogP contribution in [0.2, 0.25) is 0 Å². The van der Waals surface area contributed by atoms with E-state index in [1.807, 2.05) is 0 Å². The number of nitrogens with one attached hydrogen (secondary N) is 2. The first kappa shape index (κ1) is 28.5. The van der Waals surface area contributed by atoms with Gasteiger partial charge in [0.05, 0.1) is 11.9 Å². The number of rotatable bonds is 4. The summed E-state index contributed by atoms with van der Waals surface area (Å²) >= 11 is 0. The predicted molar refractivity (Wildman–Crippen MR) is 79.0 cm³/mol. The maximum atomic E-state index is 10.4. The summed E-state index contributed by atoms with van der Waals surface area (Å²) in [5, 5.41) is 37.5. The van der Waals surface area contributed by atoms with E-state index in [0.717, 1.165) is 0 Å². The van der Waals surface area contributed by atoms with Crippen LogP contribution in [0, 0.1) is 13.8 Å². The standard InChI is InChI=1S/2C6H6N2O4.Mn.2H2O/c2*1-2-7-3(5(9)10)4(8-2)6(11)12;;;/h2*1H3,(H,7,8)(H,9,10)(H,11,12);;2*1H2/q;;+2;;. The maximum Gasteiger partial charge on any atom is 2.00 e. The molecule has 1 radical (unpaired) electrons. The van der Waals surface area contributed by atoms with E-state index in [9.17, 15) is 29.4 Å². The van der Waals surface area contributed by atoms with Crippen molar-refractivity contribution in [3.8, 4) is 0 Å². The number of aromatic amines is 2. The second-order valence-corrected chi connectivity index (χ2v) is 4.28. The minimum absolute atomic E-state index is 0. The van der Waals surface area contributed by atoms with Crippen molar-refractivity contribution in [2.45, 2.75) is 13.8 Å². The van der Waals surface area contributed by atoms with Gasteiger partial charge in [-0.3, -0.25) is 0 Å². The van der Waals surface area contributed by atoms with E-state index >= 15 is 0 Å². The van der Waals surface area contributed by atoms with Crippen LogP contribution in [0.3, 0.4) is 0 Å². The second kappa shape index (κ2) is 11.4. The van der Waals surface area contributed by atoms with Gasteiger partial charge in [-0.25, -0.2) is 19.6 Å². The fourth-order valence-electron chi connectivity index (χ4n) is 1.59. The first-order valence-corrected chi connectivity index (χ1v) is 6.07. The van der Waals surface area contributed by atoms with Crippen LogP contribution in [0.25, 0.3) is 0 Å². The zero-order valence-electron chi connectivity index (χ0n) is 13.8. The van der Waals surface area contributed by atoms with Crippen molar-refractivity contribution in [2.75, 3.05) is 0 Å². The summed E-state index contributed by atoms with van der Waals surface area (Å²) in [6.45, 7) is 2.91. The molecule has 0 unspecified atom stereocenters. The molecule has 27 heavy (non-hydrogen) atoms. The summed E-state index contributed by atoms with van der Waals surface area (Å²) in [6.07, 6.45) is 0. The first-order chi connectivity index (χ1) is 11.0. The van der Waals surface area contributed by atoms with E-state index in [1.165, 1.54) is 13.8 Å². The molecule has 0 fully saturated rings. The Morgan fingerprint density at radius 3 is 1.19 bits per heavy atom. The fourth-order valence-corrected chi connectivity index (χ4v) is 1.59. The zero-order chi connectivity index (χ0) is 18.6. The largest absolute Gasteiger partial charge is 2.00 e. The molecule has 2 aromatic heterocycles. The molecular formula is C12H16MnN4O10+2. The number of aryl methyl sites for hydroxylation is 2. The number of carbonyl (C=O) groups excluding carboxylic acids is 2. The van der Waals surface area contributed by atoms with E-state index in [2.05, 4.69) is 19.9 Å². The van der Waals surface area contributed by atoms with Crippen molar-refractivity contribution in [1.29, 1.82) is 0 Å². The number of hydrogen-bond acceptors (Lipinski definition) is 8. The molecule has 0 atom stereocenters. The van der Waals surface area contributed by atoms with Crippen molar-refractivity contribution in [3.05, 3.63) is 34.4 Å². The predicted octanol–water partition coefficient (Wildman–Crippen LogP) is -4.29. The minimum Gasteiger partial charge on any atom is -0.543 e. The van der Waals surface area contributed by atoms with Crippen LogP contribution in [0.1, 0.15) is 53.6 Å². The monoisotopic (exact) mass is 431 g/mol. The molecular weight excluding hydrogens is 415 g/mol. The second-order valence-electron chi connectivity index (χ2n) is 4.28. The Hall–Kier alpha value is -3.26. The molecule has 10 N–H and O–H groups in total. The normalized spacial score (nSPS) is 8.67. The van der Waals surface area contributed by atoms with Crippen LogP contribution >= 0.6 is 0 Å². The Kier molecular flexibility index (Phi) is 12.0. The molecule has 0 amide bonds. The van der Waals surface area contributed by atoms with Gasteiger partial charge in [0.25, 0.3) is 0 Å². The molecule has 2 rings (SSSR count). The fraction of sp³-hybridized carbons (Fsp3) is 0.167. The van der Waals surface area contributed by atoms with Crippen LogP contribution in [0.4, 0.5) is 0 Å². The molecule has 0 saturated carbocycles. The van der Waals surface area contributed by atoms with Gasteiger partial charge in [-0.2, -0.15) is 0 Å². The third-order valence-electron chi connectivity index (χ3n) is 2.46. The summed E-state index contributed by atoms with van der Waals surface area (Å²) < 4.78 is 0. The average molecular weight is 431 g/mol. The van der Waals surface area contributed by atoms with Gasteiger partial charge in [-0.15, -0.1) is 0 Å². The van der Waals surface area contributed by atoms with Crippen molar-refractivity contribution >= 4 is 23.9 Å². The summed E-state index contributed by atoms with van der Waals surface area (Å²) in [7, 11) is 0. The van der Waals surface area contributed by atoms with Crippen molar-refractivity contribution < 1.29 is 67.6 Å². The maximum absolute atomic E-state index is 10.4. The topological polar surface area (TPSA) is 278 Å². The molecule has 149 valence electrons. The Balaban J connectivity index is -0.000000384. The Bertz CT molecular complexity index is 697. The van der Waals surface area contributed by atoms with E-state index in [4.69, 9.17) is 10.2 Å². The number of aromatic nitrogens is 4. The van der Waals surface area contributed by atoms with Gasteiger partial charge in [0.1, 0.15) is 23.0 Å². The van der Waals surface area contributed by atoms with Crippen molar-refractivity contribution in [3.63, 3.8) is 0 Å². The molecule has 2 aromatic rings. The van der Waals surface area contributed by atoms with E-state index in [0.29, 0.717) is 0 Å². The molecule has 0 aliphatic rings. The smallest absolute Gasteiger partial charge is 0.543 e. The van der Waals surface area contributed by atoms with Crippen LogP contribution < -0.4 is 10.2 Å². The van der Waals surface area contributed by atoms with Crippen LogP contribution in [-0.4, -0.2) is 54.0 Å². The van der Waals surface area contributed by atoms with Gasteiger partial charge in [0, 0.05) is 0 Å². The Labute approximate surface area is 160 Å². The van der Waals surface area contributed by atoms with Crippen LogP contribution in [-0.2, 0) is 28.0 Å². The number of carboxylic acid groups (broad SMARTS) is 4. The number of carboxylic acids is 4. The van der Waals surface area contributed by atoms with Gasteiger partial charge in [-0.1, -0.05) is 0 Å². The molecule has 0 aromatic carbocycles. The van der Waals surface area contributed by atoms with Crippen LogP contribution in [0.15, 0.2) is 0 Å². The summed E-state index contributed by atoms with van der Waals surface area (Å²) in [5.41, 5.74) is -2.04. The number of carbonyl (C=O) groups is 4. The van der Waals surface area contributed by atoms with Gasteiger partial charge >= 0.3 is 29.0 Å². The van der Waals surface area contributed by atoms with Crippen molar-refractivity contribution in [2.24, 2.45) is 0 Å². The summed E-state index contributed by atoms with van der Waals surface area (Å²) in [6, 6.07) is 0. The number of H-pyrrole nitrogens is 2. The van der Waals surface area contributed by atoms with Gasteiger partial charge in [0.15, 0.2) is 11.4 Å².